The molecule has 0 radical (unpaired) electrons. The summed E-state index contributed by atoms with van der Waals surface area (Å²) in [5.74, 6) is 0.804. The van der Waals surface area contributed by atoms with Gasteiger partial charge in [-0.25, -0.2) is 0 Å². The average Bonchev–Trinajstić information content (AvgIpc) is 2.83. The fraction of sp³-hybridized carbons (Fsp3) is 0.500. The standard InChI is InChI=1S/C14H20N2S/c1-9-6-11(4-5-12(9)13(15)17)16-8-10-7-14(10,2)3/h4-6,10,16H,7-8H2,1-3H3,(H2,15,17). The Balaban J connectivity index is 1.98. The Hall–Kier alpha value is -1.09. The number of anilines is 1. The Kier molecular flexibility index (Phi) is 3.13. The molecule has 1 saturated carbocycles. The van der Waals surface area contributed by atoms with Gasteiger partial charge < -0.3 is 11.1 Å². The molecule has 3 heteroatoms. The third kappa shape index (κ3) is 2.78. The first kappa shape index (κ1) is 12.4. The fourth-order valence-corrected chi connectivity index (χ4v) is 2.44. The molecule has 17 heavy (non-hydrogen) atoms. The number of hydrogen-bond acceptors (Lipinski definition) is 2. The van der Waals surface area contributed by atoms with Crippen LogP contribution in [-0.4, -0.2) is 11.5 Å². The summed E-state index contributed by atoms with van der Waals surface area (Å²) in [6.07, 6.45) is 1.32. The van der Waals surface area contributed by atoms with Crippen molar-refractivity contribution in [3.8, 4) is 0 Å². The molecule has 0 aromatic heterocycles. The third-order valence-corrected chi connectivity index (χ3v) is 3.98. The molecule has 2 nitrogen and oxygen atoms in total. The minimum absolute atomic E-state index is 0.470. The van der Waals surface area contributed by atoms with Crippen LogP contribution in [0.3, 0.4) is 0 Å². The van der Waals surface area contributed by atoms with E-state index in [-0.39, 0.29) is 0 Å². The van der Waals surface area contributed by atoms with E-state index >= 15 is 0 Å². The van der Waals surface area contributed by atoms with Crippen molar-refractivity contribution in [2.24, 2.45) is 17.1 Å². The Morgan fingerprint density at radius 2 is 2.18 bits per heavy atom. The zero-order valence-corrected chi connectivity index (χ0v) is 11.5. The zero-order valence-electron chi connectivity index (χ0n) is 10.7. The quantitative estimate of drug-likeness (QED) is 0.804. The molecule has 1 aromatic carbocycles. The first-order chi connectivity index (χ1) is 7.90. The van der Waals surface area contributed by atoms with Crippen molar-refractivity contribution in [1.82, 2.24) is 0 Å². The monoisotopic (exact) mass is 248 g/mol. The third-order valence-electron chi connectivity index (χ3n) is 3.76. The van der Waals surface area contributed by atoms with Crippen molar-refractivity contribution < 1.29 is 0 Å². The van der Waals surface area contributed by atoms with Gasteiger partial charge in [-0.2, -0.15) is 0 Å². The Labute approximate surface area is 109 Å². The first-order valence-corrected chi connectivity index (χ1v) is 6.45. The Morgan fingerprint density at radius 1 is 1.53 bits per heavy atom. The van der Waals surface area contributed by atoms with Gasteiger partial charge in [0, 0.05) is 17.8 Å². The maximum Gasteiger partial charge on any atom is 0.104 e. The molecule has 1 aliphatic rings. The van der Waals surface area contributed by atoms with Gasteiger partial charge in [0.15, 0.2) is 0 Å². The van der Waals surface area contributed by atoms with E-state index in [2.05, 4.69) is 31.3 Å². The van der Waals surface area contributed by atoms with Crippen molar-refractivity contribution >= 4 is 22.9 Å². The molecule has 92 valence electrons. The number of thiocarbonyl (C=S) groups is 1. The van der Waals surface area contributed by atoms with Crippen LogP contribution in [0.4, 0.5) is 5.69 Å². The molecule has 1 atom stereocenters. The summed E-state index contributed by atoms with van der Waals surface area (Å²) in [7, 11) is 0. The lowest BCUT2D eigenvalue weighted by Crippen LogP contribution is -2.12. The second-order valence-electron chi connectivity index (χ2n) is 5.66. The summed E-state index contributed by atoms with van der Waals surface area (Å²) in [4.78, 5) is 0.470. The van der Waals surface area contributed by atoms with Gasteiger partial charge in [-0.3, -0.25) is 0 Å². The number of nitrogens with one attached hydrogen (secondary N) is 1. The van der Waals surface area contributed by atoms with Crippen LogP contribution in [0.5, 0.6) is 0 Å². The molecule has 0 heterocycles. The molecule has 0 saturated heterocycles. The van der Waals surface area contributed by atoms with Crippen molar-refractivity contribution in [3.05, 3.63) is 29.3 Å². The first-order valence-electron chi connectivity index (χ1n) is 6.04. The fourth-order valence-electron chi connectivity index (χ4n) is 2.22. The predicted octanol–water partition coefficient (Wildman–Crippen LogP) is 3.09. The maximum atomic E-state index is 5.64. The molecule has 1 unspecified atom stereocenters. The van der Waals surface area contributed by atoms with Crippen molar-refractivity contribution in [1.29, 1.82) is 0 Å². The van der Waals surface area contributed by atoms with Gasteiger partial charge in [-0.15, -0.1) is 0 Å². The highest BCUT2D eigenvalue weighted by atomic mass is 32.1. The van der Waals surface area contributed by atoms with Crippen LogP contribution in [0.15, 0.2) is 18.2 Å². The van der Waals surface area contributed by atoms with Gasteiger partial charge in [0.05, 0.1) is 0 Å². The molecule has 0 aliphatic heterocycles. The van der Waals surface area contributed by atoms with Gasteiger partial charge in [-0.05, 0) is 48.4 Å². The second-order valence-corrected chi connectivity index (χ2v) is 6.10. The predicted molar refractivity (Wildman–Crippen MR) is 77.4 cm³/mol. The minimum atomic E-state index is 0.470. The lowest BCUT2D eigenvalue weighted by Gasteiger charge is -2.10. The molecule has 0 bridgehead atoms. The molecule has 0 amide bonds. The van der Waals surface area contributed by atoms with Crippen molar-refractivity contribution in [3.63, 3.8) is 0 Å². The van der Waals surface area contributed by atoms with Gasteiger partial charge in [0.1, 0.15) is 4.99 Å². The summed E-state index contributed by atoms with van der Waals surface area (Å²) < 4.78 is 0. The SMILES string of the molecule is Cc1cc(NCC2CC2(C)C)ccc1C(N)=S. The second kappa shape index (κ2) is 4.30. The molecule has 3 N–H and O–H groups in total. The largest absolute Gasteiger partial charge is 0.389 e. The van der Waals surface area contributed by atoms with Crippen molar-refractivity contribution in [2.75, 3.05) is 11.9 Å². The van der Waals surface area contributed by atoms with Crippen LogP contribution in [0.1, 0.15) is 31.4 Å². The molecule has 1 aliphatic carbocycles. The van der Waals surface area contributed by atoms with Gasteiger partial charge in [0.2, 0.25) is 0 Å². The summed E-state index contributed by atoms with van der Waals surface area (Å²) in [5, 5.41) is 3.49. The van der Waals surface area contributed by atoms with Crippen LogP contribution in [-0.2, 0) is 0 Å². The minimum Gasteiger partial charge on any atom is -0.389 e. The van der Waals surface area contributed by atoms with E-state index in [9.17, 15) is 0 Å². The number of hydrogen-bond donors (Lipinski definition) is 2. The molecule has 1 fully saturated rings. The van der Waals surface area contributed by atoms with Crippen molar-refractivity contribution in [2.45, 2.75) is 27.2 Å². The van der Waals surface area contributed by atoms with Crippen LogP contribution in [0, 0.1) is 18.3 Å². The van der Waals surface area contributed by atoms with E-state index < -0.39 is 0 Å². The van der Waals surface area contributed by atoms with E-state index in [0.29, 0.717) is 10.4 Å². The van der Waals surface area contributed by atoms with E-state index in [1.807, 2.05) is 13.0 Å². The number of nitrogens with two attached hydrogens (primary N) is 1. The topological polar surface area (TPSA) is 38.0 Å². The Bertz CT molecular complexity index is 452. The van der Waals surface area contributed by atoms with E-state index in [1.54, 1.807) is 0 Å². The number of benzene rings is 1. The van der Waals surface area contributed by atoms with Gasteiger partial charge >= 0.3 is 0 Å². The van der Waals surface area contributed by atoms with E-state index in [0.717, 1.165) is 29.3 Å². The highest BCUT2D eigenvalue weighted by molar-refractivity contribution is 7.80. The molecular formula is C14H20N2S. The Morgan fingerprint density at radius 3 is 2.65 bits per heavy atom. The zero-order chi connectivity index (χ0) is 12.6. The molecule has 0 spiro atoms. The molecule has 1 aromatic rings. The van der Waals surface area contributed by atoms with E-state index in [4.69, 9.17) is 18.0 Å². The van der Waals surface area contributed by atoms with Gasteiger partial charge in [-0.1, -0.05) is 26.1 Å². The highest BCUT2D eigenvalue weighted by Crippen LogP contribution is 2.51. The normalized spacial score (nSPS) is 21.0. The van der Waals surface area contributed by atoms with Crippen LogP contribution >= 0.6 is 12.2 Å². The molecular weight excluding hydrogens is 228 g/mol. The van der Waals surface area contributed by atoms with Crippen LogP contribution in [0.2, 0.25) is 0 Å². The molecule has 2 rings (SSSR count). The van der Waals surface area contributed by atoms with E-state index in [1.165, 1.54) is 6.42 Å². The summed E-state index contributed by atoms with van der Waals surface area (Å²) >= 11 is 5.00. The average molecular weight is 248 g/mol. The summed E-state index contributed by atoms with van der Waals surface area (Å²) in [6.45, 7) is 7.74. The number of aryl methyl sites for hydroxylation is 1. The smallest absolute Gasteiger partial charge is 0.104 e. The maximum absolute atomic E-state index is 5.64. The van der Waals surface area contributed by atoms with Crippen LogP contribution in [0.25, 0.3) is 0 Å². The summed E-state index contributed by atoms with van der Waals surface area (Å²) in [6, 6.07) is 6.17. The van der Waals surface area contributed by atoms with Crippen LogP contribution < -0.4 is 11.1 Å². The highest BCUT2D eigenvalue weighted by Gasteiger charge is 2.44. The van der Waals surface area contributed by atoms with Gasteiger partial charge in [0.25, 0.3) is 0 Å². The lowest BCUT2D eigenvalue weighted by molar-refractivity contribution is 0.573. The number of rotatable bonds is 4. The lowest BCUT2D eigenvalue weighted by atomic mass is 10.1. The summed E-state index contributed by atoms with van der Waals surface area (Å²) in [5.41, 5.74) is 9.44.